The van der Waals surface area contributed by atoms with E-state index in [1.165, 1.54) is 0 Å². The first kappa shape index (κ1) is 9.47. The molecule has 5 heteroatoms. The molecule has 2 aromatic rings. The lowest BCUT2D eigenvalue weighted by Gasteiger charge is -2.08. The fourth-order valence-electron chi connectivity index (χ4n) is 1.98. The molecule has 0 saturated carbocycles. The van der Waals surface area contributed by atoms with Gasteiger partial charge in [-0.25, -0.2) is 4.98 Å². The second-order valence-electron chi connectivity index (χ2n) is 3.80. The standard InChI is InChI=1S/C11H9N3OS/c1-6-10(15)13-9-7-4-2-3-5-8(7)12-11(16)14(6)9/h2-6H,1H3,(H,13,15). The summed E-state index contributed by atoms with van der Waals surface area (Å²) >= 11 is 5.20. The van der Waals surface area contributed by atoms with E-state index < -0.39 is 0 Å². The smallest absolute Gasteiger partial charge is 0.248 e. The summed E-state index contributed by atoms with van der Waals surface area (Å²) in [6, 6.07) is 7.37. The van der Waals surface area contributed by atoms with Crippen LogP contribution in [0.2, 0.25) is 0 Å². The number of fused-ring (bicyclic) bond motifs is 3. The normalized spacial score (nSPS) is 18.6. The molecule has 0 fully saturated rings. The van der Waals surface area contributed by atoms with Gasteiger partial charge >= 0.3 is 0 Å². The van der Waals surface area contributed by atoms with Crippen LogP contribution in [-0.4, -0.2) is 15.5 Å². The number of rotatable bonds is 0. The number of aromatic nitrogens is 2. The maximum absolute atomic E-state index is 11.6. The van der Waals surface area contributed by atoms with Crippen LogP contribution in [0.4, 0.5) is 5.82 Å². The third-order valence-electron chi connectivity index (χ3n) is 2.83. The summed E-state index contributed by atoms with van der Waals surface area (Å²) in [6.45, 7) is 1.82. The molecular weight excluding hydrogens is 222 g/mol. The zero-order chi connectivity index (χ0) is 11.3. The third-order valence-corrected chi connectivity index (χ3v) is 3.12. The molecule has 1 aromatic carbocycles. The van der Waals surface area contributed by atoms with Gasteiger partial charge in [0.1, 0.15) is 11.9 Å². The number of para-hydroxylation sites is 1. The lowest BCUT2D eigenvalue weighted by atomic mass is 10.2. The highest BCUT2D eigenvalue weighted by Gasteiger charge is 2.27. The summed E-state index contributed by atoms with van der Waals surface area (Å²) in [5.41, 5.74) is 0.813. The molecule has 1 unspecified atom stereocenters. The van der Waals surface area contributed by atoms with E-state index in [9.17, 15) is 4.79 Å². The van der Waals surface area contributed by atoms with Crippen molar-refractivity contribution in [2.45, 2.75) is 13.0 Å². The average molecular weight is 231 g/mol. The minimum absolute atomic E-state index is 0.0377. The Morgan fingerprint density at radius 3 is 3.00 bits per heavy atom. The molecule has 1 aliphatic heterocycles. The predicted molar refractivity (Wildman–Crippen MR) is 63.9 cm³/mol. The number of amides is 1. The summed E-state index contributed by atoms with van der Waals surface area (Å²) in [5.74, 6) is 0.720. The zero-order valence-corrected chi connectivity index (χ0v) is 9.41. The molecule has 0 spiro atoms. The molecule has 16 heavy (non-hydrogen) atoms. The number of nitrogens with one attached hydrogen (secondary N) is 1. The van der Waals surface area contributed by atoms with Crippen LogP contribution in [-0.2, 0) is 4.79 Å². The Balaban J connectivity index is 2.48. The molecule has 1 N–H and O–H groups in total. The Hall–Kier alpha value is -1.75. The molecule has 1 aromatic heterocycles. The molecule has 0 bridgehead atoms. The minimum Gasteiger partial charge on any atom is -0.310 e. The number of anilines is 1. The van der Waals surface area contributed by atoms with Crippen molar-refractivity contribution in [1.29, 1.82) is 0 Å². The Morgan fingerprint density at radius 2 is 2.19 bits per heavy atom. The first-order valence-corrected chi connectivity index (χ1v) is 5.41. The van der Waals surface area contributed by atoms with Gasteiger partial charge in [-0.3, -0.25) is 9.36 Å². The van der Waals surface area contributed by atoms with E-state index in [-0.39, 0.29) is 11.9 Å². The van der Waals surface area contributed by atoms with Crippen LogP contribution in [0.15, 0.2) is 24.3 Å². The van der Waals surface area contributed by atoms with Crippen molar-refractivity contribution in [1.82, 2.24) is 9.55 Å². The van der Waals surface area contributed by atoms with Crippen LogP contribution < -0.4 is 5.32 Å². The van der Waals surface area contributed by atoms with Gasteiger partial charge in [-0.1, -0.05) is 12.1 Å². The van der Waals surface area contributed by atoms with Crippen LogP contribution in [0.1, 0.15) is 13.0 Å². The quantitative estimate of drug-likeness (QED) is 0.707. The molecule has 2 heterocycles. The predicted octanol–water partition coefficient (Wildman–Crippen LogP) is 2.28. The summed E-state index contributed by atoms with van der Waals surface area (Å²) < 4.78 is 2.21. The highest BCUT2D eigenvalue weighted by atomic mass is 32.1. The largest absolute Gasteiger partial charge is 0.310 e. The Morgan fingerprint density at radius 1 is 1.44 bits per heavy atom. The maximum Gasteiger partial charge on any atom is 0.248 e. The number of carbonyl (C=O) groups excluding carboxylic acids is 1. The number of benzene rings is 1. The van der Waals surface area contributed by atoms with Gasteiger partial charge in [0.05, 0.1) is 5.52 Å². The van der Waals surface area contributed by atoms with E-state index in [1.54, 1.807) is 4.57 Å². The van der Waals surface area contributed by atoms with E-state index in [0.29, 0.717) is 4.77 Å². The van der Waals surface area contributed by atoms with Crippen molar-refractivity contribution in [3.8, 4) is 0 Å². The van der Waals surface area contributed by atoms with Crippen LogP contribution in [0.5, 0.6) is 0 Å². The second kappa shape index (κ2) is 3.12. The molecule has 3 rings (SSSR count). The molecule has 1 aliphatic rings. The molecular formula is C11H9N3OS. The van der Waals surface area contributed by atoms with Crippen molar-refractivity contribution >= 4 is 34.8 Å². The van der Waals surface area contributed by atoms with Crippen molar-refractivity contribution in [3.63, 3.8) is 0 Å². The highest BCUT2D eigenvalue weighted by molar-refractivity contribution is 7.71. The summed E-state index contributed by atoms with van der Waals surface area (Å²) in [4.78, 5) is 15.9. The van der Waals surface area contributed by atoms with Crippen LogP contribution in [0.3, 0.4) is 0 Å². The van der Waals surface area contributed by atoms with Crippen molar-refractivity contribution in [2.75, 3.05) is 5.32 Å². The first-order valence-electron chi connectivity index (χ1n) is 5.00. The summed E-state index contributed by atoms with van der Waals surface area (Å²) in [6.07, 6.45) is 0. The van der Waals surface area contributed by atoms with Gasteiger partial charge in [-0.2, -0.15) is 0 Å². The van der Waals surface area contributed by atoms with Gasteiger partial charge in [-0.15, -0.1) is 0 Å². The molecule has 0 aliphatic carbocycles. The van der Waals surface area contributed by atoms with E-state index in [4.69, 9.17) is 12.2 Å². The van der Waals surface area contributed by atoms with Crippen molar-refractivity contribution < 1.29 is 4.79 Å². The van der Waals surface area contributed by atoms with E-state index >= 15 is 0 Å². The second-order valence-corrected chi connectivity index (χ2v) is 4.16. The first-order chi connectivity index (χ1) is 7.68. The lowest BCUT2D eigenvalue weighted by molar-refractivity contribution is -0.117. The molecule has 0 saturated heterocycles. The van der Waals surface area contributed by atoms with E-state index in [1.807, 2.05) is 31.2 Å². The molecule has 0 radical (unpaired) electrons. The topological polar surface area (TPSA) is 46.9 Å². The average Bonchev–Trinajstić information content (AvgIpc) is 2.57. The SMILES string of the molecule is CC1C(=O)Nc2c3ccccc3nc(=S)n21. The van der Waals surface area contributed by atoms with Gasteiger partial charge in [0, 0.05) is 5.39 Å². The Kier molecular flexibility index (Phi) is 1.85. The Labute approximate surface area is 96.9 Å². The number of nitrogens with zero attached hydrogens (tertiary/aromatic N) is 2. The molecule has 1 atom stereocenters. The van der Waals surface area contributed by atoms with Gasteiger partial charge in [0.2, 0.25) is 10.7 Å². The van der Waals surface area contributed by atoms with Crippen LogP contribution in [0.25, 0.3) is 10.9 Å². The fraction of sp³-hybridized carbons (Fsp3) is 0.182. The fourth-order valence-corrected chi connectivity index (χ4v) is 2.33. The van der Waals surface area contributed by atoms with Gasteiger partial charge < -0.3 is 5.32 Å². The number of hydrogen-bond donors (Lipinski definition) is 1. The zero-order valence-electron chi connectivity index (χ0n) is 8.60. The monoisotopic (exact) mass is 231 g/mol. The minimum atomic E-state index is -0.278. The number of carbonyl (C=O) groups is 1. The Bertz CT molecular complexity index is 662. The van der Waals surface area contributed by atoms with Gasteiger partial charge in [-0.05, 0) is 31.3 Å². The van der Waals surface area contributed by atoms with E-state index in [0.717, 1.165) is 16.7 Å². The summed E-state index contributed by atoms with van der Waals surface area (Å²) in [5, 5.41) is 3.77. The molecule has 80 valence electrons. The lowest BCUT2D eigenvalue weighted by Crippen LogP contribution is -2.11. The highest BCUT2D eigenvalue weighted by Crippen LogP contribution is 2.30. The maximum atomic E-state index is 11.6. The summed E-state index contributed by atoms with van der Waals surface area (Å²) in [7, 11) is 0. The molecule has 1 amide bonds. The number of hydrogen-bond acceptors (Lipinski definition) is 3. The molecule has 4 nitrogen and oxygen atoms in total. The van der Waals surface area contributed by atoms with E-state index in [2.05, 4.69) is 10.3 Å². The van der Waals surface area contributed by atoms with Gasteiger partial charge in [0.25, 0.3) is 0 Å². The third kappa shape index (κ3) is 1.12. The van der Waals surface area contributed by atoms with Gasteiger partial charge in [0.15, 0.2) is 0 Å². The van der Waals surface area contributed by atoms with Crippen molar-refractivity contribution in [3.05, 3.63) is 29.0 Å². The van der Waals surface area contributed by atoms with Crippen LogP contribution >= 0.6 is 12.2 Å². The van der Waals surface area contributed by atoms with Crippen molar-refractivity contribution in [2.24, 2.45) is 0 Å². The van der Waals surface area contributed by atoms with Crippen LogP contribution in [0, 0.1) is 4.77 Å².